The van der Waals surface area contributed by atoms with E-state index in [-0.39, 0.29) is 35.1 Å². The molecule has 0 aromatic rings. The van der Waals surface area contributed by atoms with Gasteiger partial charge in [0.05, 0.1) is 7.11 Å². The molecule has 0 saturated heterocycles. The molecule has 0 spiro atoms. The van der Waals surface area contributed by atoms with E-state index in [4.69, 9.17) is 9.47 Å². The van der Waals surface area contributed by atoms with Crippen LogP contribution in [-0.4, -0.2) is 31.4 Å². The molecule has 0 radical (unpaired) electrons. The van der Waals surface area contributed by atoms with Crippen LogP contribution in [-0.2, 0) is 23.9 Å². The van der Waals surface area contributed by atoms with E-state index in [1.54, 1.807) is 0 Å². The van der Waals surface area contributed by atoms with Crippen molar-refractivity contribution in [2.24, 2.45) is 22.7 Å². The first-order valence-electron chi connectivity index (χ1n) is 9.55. The first-order chi connectivity index (χ1) is 12.1. The zero-order valence-electron chi connectivity index (χ0n) is 16.7. The summed E-state index contributed by atoms with van der Waals surface area (Å²) in [7, 11) is 1.41. The van der Waals surface area contributed by atoms with Gasteiger partial charge in [-0.3, -0.25) is 9.59 Å². The Hall–Kier alpha value is -1.65. The van der Waals surface area contributed by atoms with E-state index in [1.807, 2.05) is 6.08 Å². The van der Waals surface area contributed by atoms with Gasteiger partial charge in [0.15, 0.2) is 5.78 Å². The van der Waals surface area contributed by atoms with Gasteiger partial charge in [-0.1, -0.05) is 33.3 Å². The van der Waals surface area contributed by atoms with Gasteiger partial charge >= 0.3 is 11.9 Å². The number of ether oxygens (including phenoxy) is 2. The molecule has 0 amide bonds. The lowest BCUT2D eigenvalue weighted by Crippen LogP contribution is -2.49. The molecule has 1 saturated carbocycles. The Morgan fingerprint density at radius 1 is 1.19 bits per heavy atom. The molecule has 2 rings (SSSR count). The quantitative estimate of drug-likeness (QED) is 0.670. The topological polar surface area (TPSA) is 69.7 Å². The Bertz CT molecular complexity index is 604. The number of methoxy groups -OCH3 is 1. The molecule has 2 aliphatic rings. The third-order valence-electron chi connectivity index (χ3n) is 6.59. The van der Waals surface area contributed by atoms with E-state index >= 15 is 0 Å². The predicted octanol–water partition coefficient (Wildman–Crippen LogP) is 3.85. The number of allylic oxidation sites excluding steroid dienone is 1. The van der Waals surface area contributed by atoms with Crippen molar-refractivity contribution in [3.63, 3.8) is 0 Å². The molecule has 2 aliphatic carbocycles. The second-order valence-electron chi connectivity index (χ2n) is 8.70. The van der Waals surface area contributed by atoms with E-state index in [0.717, 1.165) is 19.3 Å². The van der Waals surface area contributed by atoms with Gasteiger partial charge in [0, 0.05) is 18.9 Å². The zero-order valence-corrected chi connectivity index (χ0v) is 16.7. The molecule has 3 atom stereocenters. The normalized spacial score (nSPS) is 30.0. The van der Waals surface area contributed by atoms with Crippen LogP contribution in [0, 0.1) is 22.7 Å². The van der Waals surface area contributed by atoms with Crippen LogP contribution in [0.5, 0.6) is 0 Å². The molecule has 26 heavy (non-hydrogen) atoms. The monoisotopic (exact) mass is 364 g/mol. The molecule has 0 aromatic heterocycles. The molecule has 0 aliphatic heterocycles. The molecule has 5 nitrogen and oxygen atoms in total. The van der Waals surface area contributed by atoms with Gasteiger partial charge in [0.2, 0.25) is 0 Å². The summed E-state index contributed by atoms with van der Waals surface area (Å²) < 4.78 is 9.83. The fourth-order valence-electron chi connectivity index (χ4n) is 5.30. The second-order valence-corrected chi connectivity index (χ2v) is 8.70. The minimum absolute atomic E-state index is 0.00504. The Kier molecular flexibility index (Phi) is 6.30. The fourth-order valence-corrected chi connectivity index (χ4v) is 5.30. The summed E-state index contributed by atoms with van der Waals surface area (Å²) in [5.41, 5.74) is 0.900. The number of hydrogen-bond donors (Lipinski definition) is 0. The summed E-state index contributed by atoms with van der Waals surface area (Å²) in [6, 6.07) is 0. The Morgan fingerprint density at radius 3 is 2.50 bits per heavy atom. The third-order valence-corrected chi connectivity index (χ3v) is 6.59. The van der Waals surface area contributed by atoms with Crippen molar-refractivity contribution in [3.05, 3.63) is 11.6 Å². The lowest BCUT2D eigenvalue weighted by Gasteiger charge is -2.56. The minimum atomic E-state index is -0.452. The lowest BCUT2D eigenvalue weighted by molar-refractivity contribution is -0.146. The van der Waals surface area contributed by atoms with Crippen molar-refractivity contribution in [3.8, 4) is 0 Å². The van der Waals surface area contributed by atoms with E-state index in [2.05, 4.69) is 20.8 Å². The van der Waals surface area contributed by atoms with Crippen LogP contribution in [0.3, 0.4) is 0 Å². The van der Waals surface area contributed by atoms with Crippen molar-refractivity contribution >= 4 is 17.7 Å². The number of carbonyl (C=O) groups is 3. The summed E-state index contributed by atoms with van der Waals surface area (Å²) in [4.78, 5) is 35.4. The molecular formula is C21H32O5. The Morgan fingerprint density at radius 2 is 1.88 bits per heavy atom. The van der Waals surface area contributed by atoms with Crippen LogP contribution in [0.25, 0.3) is 0 Å². The fraction of sp³-hybridized carbons (Fsp3) is 0.762. The summed E-state index contributed by atoms with van der Waals surface area (Å²) in [6.45, 7) is 8.01. The van der Waals surface area contributed by atoms with Crippen LogP contribution in [0.15, 0.2) is 11.6 Å². The smallest absolute Gasteiger partial charge is 0.333 e. The highest BCUT2D eigenvalue weighted by Crippen LogP contribution is 2.60. The van der Waals surface area contributed by atoms with E-state index < -0.39 is 5.97 Å². The number of ketones is 1. The number of Topliss-reactive ketones (excluding diaryl/α,β-unsaturated/α-hetero) is 1. The summed E-state index contributed by atoms with van der Waals surface area (Å²) in [5.74, 6) is -0.372. The molecule has 0 heterocycles. The maximum Gasteiger partial charge on any atom is 0.333 e. The molecule has 0 N–H and O–H groups in total. The van der Waals surface area contributed by atoms with Crippen molar-refractivity contribution < 1.29 is 23.9 Å². The number of hydrogen-bond acceptors (Lipinski definition) is 5. The number of carbonyl (C=O) groups excluding carboxylic acids is 3. The molecule has 5 heteroatoms. The van der Waals surface area contributed by atoms with Gasteiger partial charge in [0.25, 0.3) is 0 Å². The predicted molar refractivity (Wildman–Crippen MR) is 98.3 cm³/mol. The number of esters is 2. The number of rotatable bonds is 6. The van der Waals surface area contributed by atoms with E-state index in [1.165, 1.54) is 20.5 Å². The van der Waals surface area contributed by atoms with Gasteiger partial charge in [0.1, 0.15) is 6.61 Å². The average Bonchev–Trinajstić information content (AvgIpc) is 2.56. The maximum atomic E-state index is 12.4. The van der Waals surface area contributed by atoms with Crippen LogP contribution in [0.2, 0.25) is 0 Å². The molecule has 0 bridgehead atoms. The summed E-state index contributed by atoms with van der Waals surface area (Å²) in [5, 5.41) is 0. The zero-order chi connectivity index (χ0) is 19.5. The van der Waals surface area contributed by atoms with Crippen LogP contribution in [0.1, 0.15) is 66.2 Å². The lowest BCUT2D eigenvalue weighted by atomic mass is 9.48. The van der Waals surface area contributed by atoms with Gasteiger partial charge in [-0.25, -0.2) is 4.79 Å². The van der Waals surface area contributed by atoms with Crippen LogP contribution >= 0.6 is 0 Å². The van der Waals surface area contributed by atoms with Crippen molar-refractivity contribution in [2.45, 2.75) is 66.2 Å². The highest BCUT2D eigenvalue weighted by Gasteiger charge is 2.53. The largest absolute Gasteiger partial charge is 0.466 e. The molecule has 1 fully saturated rings. The SMILES string of the molecule is COC(=O)C1=CC[C@H]2C(C)(C)CCC[C@]2(C)[C@H]1CCC(=O)COC(C)=O. The molecule has 146 valence electrons. The Balaban J connectivity index is 2.23. The standard InChI is InChI=1S/C21H32O5/c1-14(22)26-13-15(23)7-9-17-16(19(24)25-5)8-10-18-20(2,3)11-6-12-21(17,18)4/h8,17-18H,6-7,9-13H2,1-5H3/t17-,18-,21+/m0/s1. The molecular weight excluding hydrogens is 332 g/mol. The van der Waals surface area contributed by atoms with Gasteiger partial charge in [-0.2, -0.15) is 0 Å². The first-order valence-corrected chi connectivity index (χ1v) is 9.55. The Labute approximate surface area is 156 Å². The van der Waals surface area contributed by atoms with Gasteiger partial charge in [-0.15, -0.1) is 0 Å². The first kappa shape index (κ1) is 20.7. The summed E-state index contributed by atoms with van der Waals surface area (Å²) in [6.07, 6.45) is 7.18. The molecule has 0 aromatic carbocycles. The average molecular weight is 364 g/mol. The van der Waals surface area contributed by atoms with E-state index in [9.17, 15) is 14.4 Å². The minimum Gasteiger partial charge on any atom is -0.466 e. The van der Waals surface area contributed by atoms with Gasteiger partial charge in [-0.05, 0) is 48.3 Å². The van der Waals surface area contributed by atoms with Crippen molar-refractivity contribution in [1.29, 1.82) is 0 Å². The van der Waals surface area contributed by atoms with Crippen molar-refractivity contribution in [2.75, 3.05) is 13.7 Å². The highest BCUT2D eigenvalue weighted by atomic mass is 16.5. The van der Waals surface area contributed by atoms with E-state index in [0.29, 0.717) is 24.3 Å². The molecule has 0 unspecified atom stereocenters. The second kappa shape index (κ2) is 7.93. The van der Waals surface area contributed by atoms with Gasteiger partial charge < -0.3 is 9.47 Å². The van der Waals surface area contributed by atoms with Crippen LogP contribution < -0.4 is 0 Å². The van der Waals surface area contributed by atoms with Crippen molar-refractivity contribution in [1.82, 2.24) is 0 Å². The maximum absolute atomic E-state index is 12.4. The number of fused-ring (bicyclic) bond motifs is 1. The highest BCUT2D eigenvalue weighted by molar-refractivity contribution is 5.89. The third kappa shape index (κ3) is 4.18. The summed E-state index contributed by atoms with van der Waals surface area (Å²) >= 11 is 0. The van der Waals surface area contributed by atoms with Crippen LogP contribution in [0.4, 0.5) is 0 Å².